The minimum Gasteiger partial charge on any atom is -0.379 e. The van der Waals surface area contributed by atoms with Crippen LogP contribution in [0.25, 0.3) is 0 Å². The van der Waals surface area contributed by atoms with Crippen molar-refractivity contribution in [3.8, 4) is 0 Å². The zero-order chi connectivity index (χ0) is 15.7. The molecule has 0 aromatic heterocycles. The summed E-state index contributed by atoms with van der Waals surface area (Å²) in [6.07, 6.45) is 3.08. The second kappa shape index (κ2) is 11.9. The van der Waals surface area contributed by atoms with E-state index in [-0.39, 0.29) is 29.9 Å². The van der Waals surface area contributed by atoms with Crippen molar-refractivity contribution in [1.29, 1.82) is 0 Å². The van der Waals surface area contributed by atoms with Gasteiger partial charge in [-0.1, -0.05) is 0 Å². The number of carbonyl (C=O) groups excluding carboxylic acids is 1. The van der Waals surface area contributed by atoms with E-state index in [1.165, 1.54) is 12.8 Å². The molecule has 130 valence electrons. The van der Waals surface area contributed by atoms with Crippen LogP contribution in [-0.2, 0) is 9.53 Å². The summed E-state index contributed by atoms with van der Waals surface area (Å²) in [5.41, 5.74) is 0. The summed E-state index contributed by atoms with van der Waals surface area (Å²) in [4.78, 5) is 19.7. The highest BCUT2D eigenvalue weighted by molar-refractivity contribution is 14.0. The summed E-state index contributed by atoms with van der Waals surface area (Å²) >= 11 is 0. The molecule has 6 nitrogen and oxygen atoms in total. The number of guanidine groups is 1. The number of hydrogen-bond acceptors (Lipinski definition) is 3. The average Bonchev–Trinajstić information content (AvgIpc) is 3.26. The lowest BCUT2D eigenvalue weighted by atomic mass is 10.4. The van der Waals surface area contributed by atoms with Crippen LogP contribution in [0.1, 0.15) is 26.2 Å². The number of rotatable bonds is 9. The van der Waals surface area contributed by atoms with Crippen molar-refractivity contribution in [2.24, 2.45) is 10.9 Å². The lowest BCUT2D eigenvalue weighted by Gasteiger charge is -2.22. The Balaban J connectivity index is 0.00000441. The molecule has 1 fully saturated rings. The van der Waals surface area contributed by atoms with Gasteiger partial charge in [0.25, 0.3) is 0 Å². The monoisotopic (exact) mass is 426 g/mol. The molecule has 0 saturated heterocycles. The Kier molecular flexibility index (Phi) is 11.6. The van der Waals surface area contributed by atoms with Crippen molar-refractivity contribution in [1.82, 2.24) is 15.1 Å². The van der Waals surface area contributed by atoms with E-state index in [2.05, 4.69) is 15.2 Å². The molecule has 1 saturated carbocycles. The van der Waals surface area contributed by atoms with E-state index in [1.54, 1.807) is 19.0 Å². The van der Waals surface area contributed by atoms with Gasteiger partial charge in [0.15, 0.2) is 5.96 Å². The highest BCUT2D eigenvalue weighted by Gasteiger charge is 2.21. The number of nitrogens with one attached hydrogen (secondary N) is 1. The zero-order valence-corrected chi connectivity index (χ0v) is 16.6. The number of aliphatic imine (C=N–C) groups is 1. The lowest BCUT2D eigenvalue weighted by Crippen LogP contribution is -2.40. The van der Waals surface area contributed by atoms with E-state index in [9.17, 15) is 4.79 Å². The Labute approximate surface area is 151 Å². The quantitative estimate of drug-likeness (QED) is 0.262. The number of likely N-dealkylation sites (N-methyl/N-ethyl adjacent to an activating group) is 1. The molecule has 0 radical (unpaired) electrons. The van der Waals surface area contributed by atoms with E-state index >= 15 is 0 Å². The van der Waals surface area contributed by atoms with E-state index in [4.69, 9.17) is 4.74 Å². The fourth-order valence-corrected chi connectivity index (χ4v) is 1.79. The molecule has 0 aromatic carbocycles. The van der Waals surface area contributed by atoms with Crippen molar-refractivity contribution < 1.29 is 9.53 Å². The van der Waals surface area contributed by atoms with E-state index in [0.29, 0.717) is 19.6 Å². The van der Waals surface area contributed by atoms with Gasteiger partial charge in [0.1, 0.15) is 0 Å². The number of nitrogens with zero attached hydrogens (tertiary/aromatic N) is 3. The van der Waals surface area contributed by atoms with Crippen LogP contribution in [-0.4, -0.2) is 75.7 Å². The van der Waals surface area contributed by atoms with Gasteiger partial charge in [-0.15, -0.1) is 24.0 Å². The van der Waals surface area contributed by atoms with Crippen molar-refractivity contribution in [2.45, 2.75) is 26.2 Å². The van der Waals surface area contributed by atoms with Crippen LogP contribution in [0.15, 0.2) is 4.99 Å². The topological polar surface area (TPSA) is 57.2 Å². The summed E-state index contributed by atoms with van der Waals surface area (Å²) in [6, 6.07) is 0. The molecule has 0 unspecified atom stereocenters. The van der Waals surface area contributed by atoms with Crippen LogP contribution in [0.5, 0.6) is 0 Å². The van der Waals surface area contributed by atoms with Gasteiger partial charge >= 0.3 is 0 Å². The summed E-state index contributed by atoms with van der Waals surface area (Å²) in [5.74, 6) is 1.73. The summed E-state index contributed by atoms with van der Waals surface area (Å²) < 4.78 is 5.65. The molecule has 0 spiro atoms. The van der Waals surface area contributed by atoms with Gasteiger partial charge in [-0.2, -0.15) is 0 Å². The van der Waals surface area contributed by atoms with Crippen LogP contribution >= 0.6 is 24.0 Å². The number of carbonyl (C=O) groups is 1. The molecule has 1 N–H and O–H groups in total. The zero-order valence-electron chi connectivity index (χ0n) is 14.3. The first-order chi connectivity index (χ1) is 10.0. The van der Waals surface area contributed by atoms with Crippen LogP contribution < -0.4 is 5.32 Å². The molecular weight excluding hydrogens is 395 g/mol. The first-order valence-electron chi connectivity index (χ1n) is 7.82. The second-order valence-corrected chi connectivity index (χ2v) is 5.71. The third kappa shape index (κ3) is 9.45. The highest BCUT2D eigenvalue weighted by Crippen LogP contribution is 2.28. The first kappa shape index (κ1) is 21.4. The Morgan fingerprint density at radius 1 is 1.32 bits per heavy atom. The van der Waals surface area contributed by atoms with Crippen molar-refractivity contribution in [2.75, 3.05) is 54.0 Å². The molecule has 1 amide bonds. The third-order valence-electron chi connectivity index (χ3n) is 3.40. The van der Waals surface area contributed by atoms with Crippen molar-refractivity contribution >= 4 is 35.8 Å². The van der Waals surface area contributed by atoms with Gasteiger partial charge in [-0.3, -0.25) is 9.79 Å². The number of hydrogen-bond donors (Lipinski definition) is 1. The maximum Gasteiger partial charge on any atom is 0.223 e. The fraction of sp³-hybridized carbons (Fsp3) is 0.867. The SMILES string of the molecule is CCNC(=NCCC(=O)N(C)C)N(C)CCOCC1CC1.I. The molecule has 0 bridgehead atoms. The molecule has 0 aliphatic heterocycles. The maximum atomic E-state index is 11.5. The minimum atomic E-state index is 0. The summed E-state index contributed by atoms with van der Waals surface area (Å²) in [7, 11) is 5.52. The van der Waals surface area contributed by atoms with E-state index < -0.39 is 0 Å². The first-order valence-corrected chi connectivity index (χ1v) is 7.82. The third-order valence-corrected chi connectivity index (χ3v) is 3.40. The van der Waals surface area contributed by atoms with Crippen LogP contribution in [0, 0.1) is 5.92 Å². The molecule has 0 atom stereocenters. The predicted molar refractivity (Wildman–Crippen MR) is 101 cm³/mol. The number of halogens is 1. The second-order valence-electron chi connectivity index (χ2n) is 5.71. The molecule has 1 aliphatic carbocycles. The smallest absolute Gasteiger partial charge is 0.223 e. The van der Waals surface area contributed by atoms with Crippen LogP contribution in [0.3, 0.4) is 0 Å². The Morgan fingerprint density at radius 3 is 2.55 bits per heavy atom. The molecule has 1 aliphatic rings. The van der Waals surface area contributed by atoms with Crippen LogP contribution in [0.2, 0.25) is 0 Å². The van der Waals surface area contributed by atoms with Crippen molar-refractivity contribution in [3.63, 3.8) is 0 Å². The molecule has 7 heteroatoms. The molecule has 22 heavy (non-hydrogen) atoms. The number of amides is 1. The largest absolute Gasteiger partial charge is 0.379 e. The highest BCUT2D eigenvalue weighted by atomic mass is 127. The number of ether oxygens (including phenoxy) is 1. The standard InChI is InChI=1S/C15H30N4O2.HI/c1-5-16-15(17-9-8-14(20)18(2)3)19(4)10-11-21-12-13-6-7-13;/h13H,5-12H2,1-4H3,(H,16,17);1H. The van der Waals surface area contributed by atoms with E-state index in [0.717, 1.165) is 31.6 Å². The van der Waals surface area contributed by atoms with Gasteiger partial charge in [0.2, 0.25) is 5.91 Å². The van der Waals surface area contributed by atoms with Gasteiger partial charge in [0, 0.05) is 47.3 Å². The molecule has 0 aromatic rings. The lowest BCUT2D eigenvalue weighted by molar-refractivity contribution is -0.128. The Bertz CT molecular complexity index is 346. The minimum absolute atomic E-state index is 0. The average molecular weight is 426 g/mol. The summed E-state index contributed by atoms with van der Waals surface area (Å²) in [5, 5.41) is 3.24. The normalized spacial score (nSPS) is 14.3. The summed E-state index contributed by atoms with van der Waals surface area (Å²) in [6.45, 7) is 5.77. The molecule has 0 heterocycles. The van der Waals surface area contributed by atoms with Crippen molar-refractivity contribution in [3.05, 3.63) is 0 Å². The van der Waals surface area contributed by atoms with Gasteiger partial charge in [0.05, 0.1) is 13.2 Å². The maximum absolute atomic E-state index is 11.5. The van der Waals surface area contributed by atoms with Crippen LogP contribution in [0.4, 0.5) is 0 Å². The Morgan fingerprint density at radius 2 is 2.00 bits per heavy atom. The molecule has 1 rings (SSSR count). The Hall–Kier alpha value is -0.570. The van der Waals surface area contributed by atoms with Gasteiger partial charge in [-0.25, -0.2) is 0 Å². The molecular formula is C15H31IN4O2. The van der Waals surface area contributed by atoms with Gasteiger partial charge in [-0.05, 0) is 25.7 Å². The van der Waals surface area contributed by atoms with Gasteiger partial charge < -0.3 is 19.9 Å². The van der Waals surface area contributed by atoms with E-state index in [1.807, 2.05) is 14.0 Å². The fourth-order valence-electron chi connectivity index (χ4n) is 1.79. The predicted octanol–water partition coefficient (Wildman–Crippen LogP) is 1.41.